The third-order valence-electron chi connectivity index (χ3n) is 4.10. The van der Waals surface area contributed by atoms with Crippen LogP contribution in [0.15, 0.2) is 58.3 Å². The molecule has 0 unspecified atom stereocenters. The van der Waals surface area contributed by atoms with Gasteiger partial charge in [0.05, 0.1) is 10.6 Å². The molecule has 2 aromatic carbocycles. The normalized spacial score (nSPS) is 15.2. The van der Waals surface area contributed by atoms with Crippen LogP contribution < -0.4 is 10.2 Å². The molecule has 1 aliphatic heterocycles. The van der Waals surface area contributed by atoms with Crippen LogP contribution in [-0.2, 0) is 16.0 Å². The number of thioether (sulfide) groups is 1. The van der Waals surface area contributed by atoms with E-state index in [9.17, 15) is 9.59 Å². The molecule has 1 N–H and O–H groups in total. The highest BCUT2D eigenvalue weighted by Gasteiger charge is 2.30. The van der Waals surface area contributed by atoms with Crippen molar-refractivity contribution in [3.05, 3.63) is 64.6 Å². The number of nitrogens with one attached hydrogen (secondary N) is 1. The summed E-state index contributed by atoms with van der Waals surface area (Å²) in [5.41, 5.74) is 3.02. The van der Waals surface area contributed by atoms with Crippen LogP contribution in [0.1, 0.15) is 18.1 Å². The summed E-state index contributed by atoms with van der Waals surface area (Å²) in [6, 6.07) is 15.8. The SMILES string of the molecule is CCc1ccc(/C=C2/Sc3ccccc3N(CC(=O)NC)C2=O)cc1. The van der Waals surface area contributed by atoms with Gasteiger partial charge in [0.1, 0.15) is 6.54 Å². The second-order valence-corrected chi connectivity index (χ2v) is 6.82. The molecule has 4 nitrogen and oxygen atoms in total. The summed E-state index contributed by atoms with van der Waals surface area (Å²) in [5, 5.41) is 2.58. The number of para-hydroxylation sites is 1. The molecule has 0 saturated heterocycles. The van der Waals surface area contributed by atoms with Gasteiger partial charge in [0.2, 0.25) is 5.91 Å². The number of carbonyl (C=O) groups is 2. The molecule has 0 fully saturated rings. The van der Waals surface area contributed by atoms with Crippen LogP contribution in [0.25, 0.3) is 6.08 Å². The Morgan fingerprint density at radius 1 is 1.16 bits per heavy atom. The predicted molar refractivity (Wildman–Crippen MR) is 103 cm³/mol. The molecule has 1 heterocycles. The number of amides is 2. The van der Waals surface area contributed by atoms with Gasteiger partial charge in [0, 0.05) is 11.9 Å². The lowest BCUT2D eigenvalue weighted by Crippen LogP contribution is -2.41. The Hall–Kier alpha value is -2.53. The average Bonchev–Trinajstić information content (AvgIpc) is 2.65. The maximum Gasteiger partial charge on any atom is 0.265 e. The van der Waals surface area contributed by atoms with Crippen LogP contribution in [0.4, 0.5) is 5.69 Å². The molecular weight excluding hydrogens is 332 g/mol. The molecule has 0 saturated carbocycles. The van der Waals surface area contributed by atoms with Gasteiger partial charge < -0.3 is 5.32 Å². The van der Waals surface area contributed by atoms with E-state index in [4.69, 9.17) is 0 Å². The Bertz CT molecular complexity index is 828. The number of benzene rings is 2. The summed E-state index contributed by atoms with van der Waals surface area (Å²) in [7, 11) is 1.57. The van der Waals surface area contributed by atoms with E-state index in [-0.39, 0.29) is 18.4 Å². The van der Waals surface area contributed by atoms with Gasteiger partial charge >= 0.3 is 0 Å². The summed E-state index contributed by atoms with van der Waals surface area (Å²) in [6.07, 6.45) is 2.87. The first-order chi connectivity index (χ1) is 12.1. The van der Waals surface area contributed by atoms with Crippen LogP contribution >= 0.6 is 11.8 Å². The highest BCUT2D eigenvalue weighted by molar-refractivity contribution is 8.04. The molecule has 3 rings (SSSR count). The average molecular weight is 352 g/mol. The lowest BCUT2D eigenvalue weighted by molar-refractivity contribution is -0.122. The smallest absolute Gasteiger partial charge is 0.265 e. The second kappa shape index (κ2) is 7.57. The van der Waals surface area contributed by atoms with E-state index in [0.717, 1.165) is 22.6 Å². The summed E-state index contributed by atoms with van der Waals surface area (Å²) in [4.78, 5) is 27.9. The Labute approximate surface area is 151 Å². The first-order valence-corrected chi connectivity index (χ1v) is 9.04. The van der Waals surface area contributed by atoms with E-state index in [1.54, 1.807) is 7.05 Å². The van der Waals surface area contributed by atoms with Crippen molar-refractivity contribution in [3.63, 3.8) is 0 Å². The molecule has 0 spiro atoms. The van der Waals surface area contributed by atoms with Crippen molar-refractivity contribution < 1.29 is 9.59 Å². The topological polar surface area (TPSA) is 49.4 Å². The van der Waals surface area contributed by atoms with E-state index in [1.807, 2.05) is 42.5 Å². The quantitative estimate of drug-likeness (QED) is 0.857. The first-order valence-electron chi connectivity index (χ1n) is 8.22. The van der Waals surface area contributed by atoms with E-state index in [0.29, 0.717) is 4.91 Å². The van der Waals surface area contributed by atoms with E-state index < -0.39 is 0 Å². The third kappa shape index (κ3) is 3.77. The number of anilines is 1. The monoisotopic (exact) mass is 352 g/mol. The van der Waals surface area contributed by atoms with Gasteiger partial charge in [-0.1, -0.05) is 55.1 Å². The van der Waals surface area contributed by atoms with E-state index in [1.165, 1.54) is 22.2 Å². The van der Waals surface area contributed by atoms with Crippen molar-refractivity contribution in [2.75, 3.05) is 18.5 Å². The highest BCUT2D eigenvalue weighted by Crippen LogP contribution is 2.41. The van der Waals surface area contributed by atoms with Crippen molar-refractivity contribution in [1.29, 1.82) is 0 Å². The molecule has 0 radical (unpaired) electrons. The zero-order chi connectivity index (χ0) is 17.8. The number of hydrogen-bond donors (Lipinski definition) is 1. The Kier molecular flexibility index (Phi) is 5.24. The first kappa shape index (κ1) is 17.3. The molecule has 128 valence electrons. The van der Waals surface area contributed by atoms with Crippen molar-refractivity contribution in [1.82, 2.24) is 5.32 Å². The van der Waals surface area contributed by atoms with Gasteiger partial charge in [-0.2, -0.15) is 0 Å². The van der Waals surface area contributed by atoms with Gasteiger partial charge in [0.15, 0.2) is 0 Å². The number of rotatable bonds is 4. The zero-order valence-electron chi connectivity index (χ0n) is 14.3. The van der Waals surface area contributed by atoms with Gasteiger partial charge in [-0.3, -0.25) is 14.5 Å². The Morgan fingerprint density at radius 3 is 2.56 bits per heavy atom. The van der Waals surface area contributed by atoms with Gasteiger partial charge in [0.25, 0.3) is 5.91 Å². The molecule has 5 heteroatoms. The second-order valence-electron chi connectivity index (χ2n) is 5.74. The minimum atomic E-state index is -0.193. The highest BCUT2D eigenvalue weighted by atomic mass is 32.2. The Morgan fingerprint density at radius 2 is 1.88 bits per heavy atom. The van der Waals surface area contributed by atoms with E-state index >= 15 is 0 Å². The molecule has 2 aromatic rings. The number of hydrogen-bond acceptors (Lipinski definition) is 3. The zero-order valence-corrected chi connectivity index (χ0v) is 15.1. The molecule has 0 aromatic heterocycles. The molecule has 1 aliphatic rings. The number of carbonyl (C=O) groups excluding carboxylic acids is 2. The molecule has 2 amide bonds. The van der Waals surface area contributed by atoms with Crippen LogP contribution in [0.3, 0.4) is 0 Å². The number of likely N-dealkylation sites (N-methyl/N-ethyl adjacent to an activating group) is 1. The summed E-state index contributed by atoms with van der Waals surface area (Å²) in [5.74, 6) is -0.339. The standard InChI is InChI=1S/C20H20N2O2S/c1-3-14-8-10-15(11-9-14)12-18-20(24)22(13-19(23)21-2)16-6-4-5-7-17(16)25-18/h4-12H,3,13H2,1-2H3,(H,21,23)/b18-12+. The number of aryl methyl sites for hydroxylation is 1. The number of nitrogens with zero attached hydrogens (tertiary/aromatic N) is 1. The predicted octanol–water partition coefficient (Wildman–Crippen LogP) is 3.47. The fourth-order valence-corrected chi connectivity index (χ4v) is 3.70. The maximum absolute atomic E-state index is 12.9. The minimum absolute atomic E-state index is 0.0129. The van der Waals surface area contributed by atoms with Crippen molar-refractivity contribution >= 4 is 35.3 Å². The molecule has 0 atom stereocenters. The van der Waals surface area contributed by atoms with Crippen molar-refractivity contribution in [2.45, 2.75) is 18.2 Å². The third-order valence-corrected chi connectivity index (χ3v) is 5.18. The summed E-state index contributed by atoms with van der Waals surface area (Å²) in [6.45, 7) is 2.13. The lowest BCUT2D eigenvalue weighted by atomic mass is 10.1. The van der Waals surface area contributed by atoms with Crippen molar-refractivity contribution in [2.24, 2.45) is 0 Å². The summed E-state index contributed by atoms with van der Waals surface area (Å²) >= 11 is 1.45. The maximum atomic E-state index is 12.9. The fourth-order valence-electron chi connectivity index (χ4n) is 2.64. The van der Waals surface area contributed by atoms with Crippen LogP contribution in [0.2, 0.25) is 0 Å². The van der Waals surface area contributed by atoms with Crippen LogP contribution in [-0.4, -0.2) is 25.4 Å². The van der Waals surface area contributed by atoms with Crippen LogP contribution in [0, 0.1) is 0 Å². The molecular formula is C20H20N2O2S. The van der Waals surface area contributed by atoms with Gasteiger partial charge in [-0.25, -0.2) is 0 Å². The van der Waals surface area contributed by atoms with Crippen LogP contribution in [0.5, 0.6) is 0 Å². The molecule has 0 bridgehead atoms. The largest absolute Gasteiger partial charge is 0.358 e. The van der Waals surface area contributed by atoms with Gasteiger partial charge in [-0.05, 0) is 35.8 Å². The fraction of sp³-hybridized carbons (Fsp3) is 0.200. The minimum Gasteiger partial charge on any atom is -0.358 e. The molecule has 0 aliphatic carbocycles. The lowest BCUT2D eigenvalue weighted by Gasteiger charge is -2.29. The van der Waals surface area contributed by atoms with Crippen molar-refractivity contribution in [3.8, 4) is 0 Å². The Balaban J connectivity index is 1.97. The van der Waals surface area contributed by atoms with E-state index in [2.05, 4.69) is 24.4 Å². The van der Waals surface area contributed by atoms with Gasteiger partial charge in [-0.15, -0.1) is 0 Å². The number of fused-ring (bicyclic) bond motifs is 1. The summed E-state index contributed by atoms with van der Waals surface area (Å²) < 4.78 is 0. The molecule has 25 heavy (non-hydrogen) atoms.